The first-order valence-electron chi connectivity index (χ1n) is 22.2. The van der Waals surface area contributed by atoms with Gasteiger partial charge in [0.1, 0.15) is 17.5 Å². The molecule has 322 valence electrons. The number of benzene rings is 2. The highest BCUT2D eigenvalue weighted by Gasteiger charge is 2.34. The summed E-state index contributed by atoms with van der Waals surface area (Å²) in [7, 11) is 0. The molecule has 2 aliphatic carbocycles. The zero-order valence-corrected chi connectivity index (χ0v) is 35.2. The smallest absolute Gasteiger partial charge is 0.328 e. The number of ether oxygens (including phenoxy) is 1. The molecule has 3 aliphatic heterocycles. The van der Waals surface area contributed by atoms with E-state index in [-0.39, 0.29) is 35.8 Å². The molecule has 3 saturated heterocycles. The van der Waals surface area contributed by atoms with E-state index in [9.17, 15) is 19.5 Å². The van der Waals surface area contributed by atoms with Crippen molar-refractivity contribution in [2.45, 2.75) is 76.0 Å². The highest BCUT2D eigenvalue weighted by Crippen LogP contribution is 2.46. The van der Waals surface area contributed by atoms with Crippen LogP contribution >= 0.6 is 0 Å². The maximum atomic E-state index is 13.7. The Hall–Kier alpha value is -6.06. The van der Waals surface area contributed by atoms with Crippen molar-refractivity contribution in [1.82, 2.24) is 34.9 Å². The number of pyridine rings is 1. The molecule has 2 aromatic carbocycles. The van der Waals surface area contributed by atoms with Gasteiger partial charge in [0, 0.05) is 87.5 Å². The molecule has 4 N–H and O–H groups in total. The van der Waals surface area contributed by atoms with E-state index in [2.05, 4.69) is 42.1 Å². The van der Waals surface area contributed by atoms with Crippen LogP contribution in [0.25, 0.3) is 22.3 Å². The van der Waals surface area contributed by atoms with E-state index < -0.39 is 0 Å². The molecule has 6 heterocycles. The maximum absolute atomic E-state index is 13.7. The molecule has 15 nitrogen and oxygen atoms in total. The van der Waals surface area contributed by atoms with Crippen LogP contribution in [0.15, 0.2) is 73.1 Å². The zero-order chi connectivity index (χ0) is 42.5. The number of hydrogen-bond donors (Lipinski definition) is 3. The van der Waals surface area contributed by atoms with Crippen LogP contribution < -0.4 is 20.9 Å². The molecule has 2 atom stereocenters. The summed E-state index contributed by atoms with van der Waals surface area (Å²) in [6.07, 6.45) is 11.0. The van der Waals surface area contributed by atoms with Gasteiger partial charge >= 0.3 is 6.03 Å². The molecule has 5 aliphatic rings. The van der Waals surface area contributed by atoms with Crippen LogP contribution in [0.5, 0.6) is 5.75 Å². The van der Waals surface area contributed by atoms with Crippen LogP contribution in [0.3, 0.4) is 0 Å². The van der Waals surface area contributed by atoms with Crippen molar-refractivity contribution in [3.05, 3.63) is 89.7 Å². The number of hydrogen-bond acceptors (Lipinski definition) is 11. The fourth-order valence-corrected chi connectivity index (χ4v) is 10.0. The number of nitrogens with two attached hydrogens (primary N) is 1. The van der Waals surface area contributed by atoms with Gasteiger partial charge in [-0.05, 0) is 105 Å². The molecule has 0 unspecified atom stereocenters. The molecule has 3 aromatic heterocycles. The van der Waals surface area contributed by atoms with Crippen molar-refractivity contribution >= 4 is 46.1 Å². The Kier molecular flexibility index (Phi) is 10.8. The third-order valence-electron chi connectivity index (χ3n) is 13.6. The summed E-state index contributed by atoms with van der Waals surface area (Å²) in [6, 6.07) is 18.9. The first-order chi connectivity index (χ1) is 30.1. The number of phenols is 1. The molecule has 15 heteroatoms. The van der Waals surface area contributed by atoms with Gasteiger partial charge in [0.05, 0.1) is 29.4 Å². The normalized spacial score (nSPS) is 23.8. The summed E-state index contributed by atoms with van der Waals surface area (Å²) >= 11 is 0. The molecule has 10 rings (SSSR count). The van der Waals surface area contributed by atoms with Gasteiger partial charge in [-0.15, -0.1) is 10.2 Å². The summed E-state index contributed by atoms with van der Waals surface area (Å²) < 4.78 is 8.80. The van der Waals surface area contributed by atoms with Crippen molar-refractivity contribution in [2.75, 3.05) is 67.9 Å². The Bertz CT molecular complexity index is 2490. The van der Waals surface area contributed by atoms with E-state index in [1.807, 2.05) is 48.2 Å². The van der Waals surface area contributed by atoms with Crippen LogP contribution in [0, 0.1) is 5.92 Å². The van der Waals surface area contributed by atoms with E-state index in [0.29, 0.717) is 79.7 Å². The number of aromatic nitrogens is 4. The number of carbonyl (C=O) groups excluding carboxylic acids is 3. The molecular formula is C47H54N10O5. The van der Waals surface area contributed by atoms with Crippen LogP contribution in [0.4, 0.5) is 22.0 Å². The van der Waals surface area contributed by atoms with Crippen LogP contribution in [0.2, 0.25) is 0 Å². The van der Waals surface area contributed by atoms with E-state index in [4.69, 9.17) is 15.5 Å². The first kappa shape index (κ1) is 40.0. The lowest BCUT2D eigenvalue weighted by Gasteiger charge is -2.39. The summed E-state index contributed by atoms with van der Waals surface area (Å²) in [5.74, 6) is 1.44. The fourth-order valence-electron chi connectivity index (χ4n) is 10.0. The number of aromatic hydroxyl groups is 1. The predicted molar refractivity (Wildman–Crippen MR) is 236 cm³/mol. The van der Waals surface area contributed by atoms with E-state index in [1.54, 1.807) is 29.3 Å². The van der Waals surface area contributed by atoms with Gasteiger partial charge in [-0.1, -0.05) is 24.3 Å². The number of rotatable bonds is 9. The Balaban J connectivity index is 0.720. The quantitative estimate of drug-likeness (QED) is 0.153. The summed E-state index contributed by atoms with van der Waals surface area (Å²) in [6.45, 7) is 7.78. The van der Waals surface area contributed by atoms with Gasteiger partial charge in [0.25, 0.3) is 5.91 Å². The third kappa shape index (κ3) is 8.06. The second-order valence-electron chi connectivity index (χ2n) is 17.8. The molecular weight excluding hydrogens is 785 g/mol. The minimum absolute atomic E-state index is 0.0585. The number of carbonyl (C=O) groups is 3. The molecule has 5 aromatic rings. The Morgan fingerprint density at radius 1 is 0.919 bits per heavy atom. The number of fused-ring (bicyclic) bond motifs is 1. The Labute approximate surface area is 360 Å². The number of amides is 4. The number of piperazine rings is 1. The predicted octanol–water partition coefficient (Wildman–Crippen LogP) is 6.26. The fraction of sp³-hybridized carbons (Fsp3) is 0.447. The SMILES string of the molecule is C[C@H]1CN(c2cc(-c3ccccc3O)nnc2N)C[C@@H](c2ccc(C(=O)N3CCN(CC4CCC(n5cc(C6CC6)c6cc(N7CCC(=O)NC7=O)cnc65)CC4)CC3)cc2)O1. The molecule has 0 bridgehead atoms. The van der Waals surface area contributed by atoms with Crippen LogP contribution in [-0.2, 0) is 9.53 Å². The van der Waals surface area contributed by atoms with E-state index in [0.717, 1.165) is 73.3 Å². The average Bonchev–Trinajstić information content (AvgIpc) is 4.07. The Morgan fingerprint density at radius 2 is 1.69 bits per heavy atom. The minimum Gasteiger partial charge on any atom is -0.507 e. The zero-order valence-electron chi connectivity index (χ0n) is 35.2. The summed E-state index contributed by atoms with van der Waals surface area (Å²) in [4.78, 5) is 51.2. The number of morpholine rings is 1. The van der Waals surface area contributed by atoms with Crippen LogP contribution in [-0.4, -0.2) is 111 Å². The lowest BCUT2D eigenvalue weighted by Crippen LogP contribution is -2.50. The number of imide groups is 1. The highest BCUT2D eigenvalue weighted by atomic mass is 16.5. The van der Waals surface area contributed by atoms with Gasteiger partial charge in [0.2, 0.25) is 5.91 Å². The van der Waals surface area contributed by atoms with Gasteiger partial charge in [0.15, 0.2) is 5.82 Å². The average molecular weight is 839 g/mol. The van der Waals surface area contributed by atoms with Crippen molar-refractivity contribution in [3.8, 4) is 17.0 Å². The number of para-hydroxylation sites is 1. The van der Waals surface area contributed by atoms with Crippen molar-refractivity contribution < 1.29 is 24.2 Å². The molecule has 62 heavy (non-hydrogen) atoms. The topological polar surface area (TPSA) is 175 Å². The summed E-state index contributed by atoms with van der Waals surface area (Å²) in [5.41, 5.74) is 13.0. The number of nitrogens with zero attached hydrogens (tertiary/aromatic N) is 8. The number of nitrogen functional groups attached to an aromatic ring is 1. The van der Waals surface area contributed by atoms with Gasteiger partial charge in [-0.25, -0.2) is 9.78 Å². The minimum atomic E-state index is -0.379. The largest absolute Gasteiger partial charge is 0.507 e. The number of phenolic OH excluding ortho intramolecular Hbond substituents is 1. The maximum Gasteiger partial charge on any atom is 0.328 e. The van der Waals surface area contributed by atoms with E-state index >= 15 is 0 Å². The second kappa shape index (κ2) is 16.7. The lowest BCUT2D eigenvalue weighted by molar-refractivity contribution is -0.120. The standard InChI is InChI=1S/C47H54N10O5/c1-29-25-55(40-23-39(51-52-44(40)48)36-4-2-3-5-41(36)58)28-42(62-29)32-10-12-33(13-11-32)46(60)54-20-18-53(19-21-54)26-30-6-14-34(15-7-30)57-27-38(31-8-9-31)37-22-35(24-49-45(37)57)56-17-16-43(59)50-47(56)61/h2-5,10-13,22-24,27,29-31,34,42,58H,6-9,14-21,25-26,28H2,1H3,(H2,48,52)(H,50,59,61)/t29-,30?,34?,42-/m0/s1. The molecule has 0 radical (unpaired) electrons. The Morgan fingerprint density at radius 3 is 2.44 bits per heavy atom. The summed E-state index contributed by atoms with van der Waals surface area (Å²) in [5, 5.41) is 22.5. The second-order valence-corrected chi connectivity index (χ2v) is 17.8. The van der Waals surface area contributed by atoms with E-state index in [1.165, 1.54) is 18.4 Å². The number of anilines is 3. The van der Waals surface area contributed by atoms with Crippen molar-refractivity contribution in [2.24, 2.45) is 5.92 Å². The van der Waals surface area contributed by atoms with Crippen molar-refractivity contribution in [3.63, 3.8) is 0 Å². The number of urea groups is 1. The highest BCUT2D eigenvalue weighted by molar-refractivity contribution is 6.06. The third-order valence-corrected chi connectivity index (χ3v) is 13.6. The van der Waals surface area contributed by atoms with Gasteiger partial charge in [-0.3, -0.25) is 24.7 Å². The molecule has 5 fully saturated rings. The molecule has 2 saturated carbocycles. The monoisotopic (exact) mass is 838 g/mol. The molecule has 0 spiro atoms. The number of nitrogens with one attached hydrogen (secondary N) is 1. The molecule has 4 amide bonds. The van der Waals surface area contributed by atoms with Gasteiger partial charge in [-0.2, -0.15) is 0 Å². The lowest BCUT2D eigenvalue weighted by atomic mass is 9.85. The van der Waals surface area contributed by atoms with Crippen LogP contribution in [0.1, 0.15) is 91.4 Å². The van der Waals surface area contributed by atoms with Crippen molar-refractivity contribution in [1.29, 1.82) is 0 Å². The first-order valence-corrected chi connectivity index (χ1v) is 22.2. The van der Waals surface area contributed by atoms with Gasteiger partial charge < -0.3 is 29.9 Å².